The van der Waals surface area contributed by atoms with Crippen LogP contribution < -0.4 is 5.32 Å². The van der Waals surface area contributed by atoms with Gasteiger partial charge in [0.15, 0.2) is 0 Å². The van der Waals surface area contributed by atoms with Crippen LogP contribution in [-0.2, 0) is 5.75 Å². The summed E-state index contributed by atoms with van der Waals surface area (Å²) in [4.78, 5) is 0. The topological polar surface area (TPSA) is 35.8 Å². The van der Waals surface area contributed by atoms with Crippen LogP contribution in [0.5, 0.6) is 0 Å². The standard InChI is InChI=1S/C17H25ClN2S/c1-4-17(13-19,20-14(2)3)10-5-11-21-12-15-6-8-16(18)9-7-15/h6-9,14,20H,4-5,10-12H2,1-3H3. The second-order valence-corrected chi connectivity index (χ2v) is 7.17. The van der Waals surface area contributed by atoms with E-state index in [1.54, 1.807) is 0 Å². The quantitative estimate of drug-likeness (QED) is 0.647. The lowest BCUT2D eigenvalue weighted by molar-refractivity contribution is 0.341. The molecule has 1 atom stereocenters. The summed E-state index contributed by atoms with van der Waals surface area (Å²) in [6.07, 6.45) is 2.81. The molecule has 0 aromatic heterocycles. The molecule has 0 saturated carbocycles. The van der Waals surface area contributed by atoms with Crippen molar-refractivity contribution in [3.05, 3.63) is 34.9 Å². The van der Waals surface area contributed by atoms with Crippen LogP contribution in [0.25, 0.3) is 0 Å². The number of nitrogens with zero attached hydrogens (tertiary/aromatic N) is 1. The molecule has 0 bridgehead atoms. The second-order valence-electron chi connectivity index (χ2n) is 5.63. The minimum atomic E-state index is -0.366. The van der Waals surface area contributed by atoms with E-state index in [1.807, 2.05) is 23.9 Å². The van der Waals surface area contributed by atoms with Crippen molar-refractivity contribution >= 4 is 23.4 Å². The zero-order valence-corrected chi connectivity index (χ0v) is 14.7. The molecule has 1 unspecified atom stereocenters. The predicted molar refractivity (Wildman–Crippen MR) is 93.8 cm³/mol. The molecule has 1 aromatic carbocycles. The van der Waals surface area contributed by atoms with E-state index < -0.39 is 0 Å². The average Bonchev–Trinajstić information content (AvgIpc) is 2.47. The Morgan fingerprint density at radius 1 is 1.33 bits per heavy atom. The Hall–Kier alpha value is -0.690. The summed E-state index contributed by atoms with van der Waals surface area (Å²) in [5.74, 6) is 2.08. The largest absolute Gasteiger partial charge is 0.297 e. The van der Waals surface area contributed by atoms with E-state index in [0.29, 0.717) is 6.04 Å². The highest BCUT2D eigenvalue weighted by Crippen LogP contribution is 2.21. The van der Waals surface area contributed by atoms with Gasteiger partial charge in [-0.3, -0.25) is 5.32 Å². The number of halogens is 1. The highest BCUT2D eigenvalue weighted by Gasteiger charge is 2.27. The van der Waals surface area contributed by atoms with Crippen LogP contribution in [0.3, 0.4) is 0 Å². The lowest BCUT2D eigenvalue weighted by Crippen LogP contribution is -2.47. The molecule has 0 saturated heterocycles. The second kappa shape index (κ2) is 9.35. The first kappa shape index (κ1) is 18.4. The third-order valence-electron chi connectivity index (χ3n) is 3.46. The Morgan fingerprint density at radius 3 is 2.52 bits per heavy atom. The van der Waals surface area contributed by atoms with Crippen LogP contribution in [0.15, 0.2) is 24.3 Å². The maximum absolute atomic E-state index is 9.45. The molecular formula is C17H25ClN2S. The molecule has 0 fully saturated rings. The van der Waals surface area contributed by atoms with Crippen molar-refractivity contribution in [1.82, 2.24) is 5.32 Å². The van der Waals surface area contributed by atoms with Crippen LogP contribution >= 0.6 is 23.4 Å². The van der Waals surface area contributed by atoms with Gasteiger partial charge in [-0.15, -0.1) is 0 Å². The number of benzene rings is 1. The van der Waals surface area contributed by atoms with E-state index in [1.165, 1.54) is 5.56 Å². The molecule has 0 heterocycles. The van der Waals surface area contributed by atoms with Crippen molar-refractivity contribution in [3.63, 3.8) is 0 Å². The third-order valence-corrected chi connectivity index (χ3v) is 4.82. The van der Waals surface area contributed by atoms with Crippen LogP contribution in [0.2, 0.25) is 5.02 Å². The summed E-state index contributed by atoms with van der Waals surface area (Å²) in [5, 5.41) is 13.7. The summed E-state index contributed by atoms with van der Waals surface area (Å²) in [6, 6.07) is 10.8. The van der Waals surface area contributed by atoms with Gasteiger partial charge in [0.25, 0.3) is 0 Å². The first-order valence-electron chi connectivity index (χ1n) is 7.52. The van der Waals surface area contributed by atoms with Crippen molar-refractivity contribution in [2.45, 2.75) is 57.4 Å². The summed E-state index contributed by atoms with van der Waals surface area (Å²) < 4.78 is 0. The molecule has 0 aliphatic rings. The van der Waals surface area contributed by atoms with Gasteiger partial charge < -0.3 is 0 Å². The predicted octanol–water partition coefficient (Wildman–Crippen LogP) is 5.02. The van der Waals surface area contributed by atoms with Gasteiger partial charge in [0.05, 0.1) is 6.07 Å². The van der Waals surface area contributed by atoms with Crippen LogP contribution in [-0.4, -0.2) is 17.3 Å². The number of rotatable bonds is 9. The molecule has 0 spiro atoms. The minimum absolute atomic E-state index is 0.339. The maximum atomic E-state index is 9.45. The fourth-order valence-electron chi connectivity index (χ4n) is 2.32. The van der Waals surface area contributed by atoms with Crippen molar-refractivity contribution < 1.29 is 0 Å². The van der Waals surface area contributed by atoms with E-state index >= 15 is 0 Å². The number of thioether (sulfide) groups is 1. The number of hydrogen-bond acceptors (Lipinski definition) is 3. The minimum Gasteiger partial charge on any atom is -0.297 e. The van der Waals surface area contributed by atoms with Gasteiger partial charge in [0.1, 0.15) is 5.54 Å². The highest BCUT2D eigenvalue weighted by molar-refractivity contribution is 7.98. The van der Waals surface area contributed by atoms with Gasteiger partial charge in [-0.2, -0.15) is 17.0 Å². The molecule has 4 heteroatoms. The maximum Gasteiger partial charge on any atom is 0.106 e. The molecule has 2 nitrogen and oxygen atoms in total. The molecule has 0 aliphatic heterocycles. The zero-order chi connectivity index (χ0) is 15.7. The van der Waals surface area contributed by atoms with E-state index in [9.17, 15) is 5.26 Å². The number of nitrogens with one attached hydrogen (secondary N) is 1. The van der Waals surface area contributed by atoms with Gasteiger partial charge in [0.2, 0.25) is 0 Å². The smallest absolute Gasteiger partial charge is 0.106 e. The van der Waals surface area contributed by atoms with Crippen molar-refractivity contribution in [2.24, 2.45) is 0 Å². The monoisotopic (exact) mass is 324 g/mol. The van der Waals surface area contributed by atoms with Crippen LogP contribution in [0, 0.1) is 11.3 Å². The van der Waals surface area contributed by atoms with E-state index in [0.717, 1.165) is 35.8 Å². The molecule has 0 radical (unpaired) electrons. The number of nitriles is 1. The third kappa shape index (κ3) is 6.74. The average molecular weight is 325 g/mol. The van der Waals surface area contributed by atoms with Gasteiger partial charge in [-0.1, -0.05) is 30.7 Å². The molecule has 21 heavy (non-hydrogen) atoms. The van der Waals surface area contributed by atoms with E-state index in [2.05, 4.69) is 44.3 Å². The Labute approximate surface area is 138 Å². The molecule has 1 N–H and O–H groups in total. The van der Waals surface area contributed by atoms with Gasteiger partial charge in [0, 0.05) is 16.8 Å². The summed E-state index contributed by atoms with van der Waals surface area (Å²) >= 11 is 7.79. The van der Waals surface area contributed by atoms with E-state index in [-0.39, 0.29) is 5.54 Å². The molecule has 0 aliphatic carbocycles. The fraction of sp³-hybridized carbons (Fsp3) is 0.588. The molecule has 0 amide bonds. The summed E-state index contributed by atoms with van der Waals surface area (Å²) in [5.41, 5.74) is 0.932. The van der Waals surface area contributed by atoms with Gasteiger partial charge in [-0.25, -0.2) is 0 Å². The van der Waals surface area contributed by atoms with Crippen molar-refractivity contribution in [2.75, 3.05) is 5.75 Å². The molecule has 1 aromatic rings. The summed E-state index contributed by atoms with van der Waals surface area (Å²) in [7, 11) is 0. The fourth-order valence-corrected chi connectivity index (χ4v) is 3.36. The lowest BCUT2D eigenvalue weighted by atomic mass is 9.91. The Kier molecular flexibility index (Phi) is 8.18. The van der Waals surface area contributed by atoms with Gasteiger partial charge in [-0.05, 0) is 56.6 Å². The zero-order valence-electron chi connectivity index (χ0n) is 13.2. The first-order chi connectivity index (χ1) is 10.0. The van der Waals surface area contributed by atoms with E-state index in [4.69, 9.17) is 11.6 Å². The summed E-state index contributed by atoms with van der Waals surface area (Å²) in [6.45, 7) is 6.27. The van der Waals surface area contributed by atoms with Crippen LogP contribution in [0.4, 0.5) is 0 Å². The molecule has 116 valence electrons. The van der Waals surface area contributed by atoms with Crippen molar-refractivity contribution in [1.29, 1.82) is 5.26 Å². The Balaban J connectivity index is 2.31. The Morgan fingerprint density at radius 2 is 2.00 bits per heavy atom. The molecule has 1 rings (SSSR count). The molecular weight excluding hydrogens is 300 g/mol. The van der Waals surface area contributed by atoms with Crippen LogP contribution in [0.1, 0.15) is 45.6 Å². The van der Waals surface area contributed by atoms with Gasteiger partial charge >= 0.3 is 0 Å². The highest BCUT2D eigenvalue weighted by atomic mass is 35.5. The SMILES string of the molecule is CCC(C#N)(CCCSCc1ccc(Cl)cc1)NC(C)C. The van der Waals surface area contributed by atoms with Crippen molar-refractivity contribution in [3.8, 4) is 6.07 Å². The lowest BCUT2D eigenvalue weighted by Gasteiger charge is -2.29. The Bertz CT molecular complexity index is 453. The number of hydrogen-bond donors (Lipinski definition) is 1. The first-order valence-corrected chi connectivity index (χ1v) is 9.06. The normalized spacial score (nSPS) is 13.9.